The van der Waals surface area contributed by atoms with Crippen LogP contribution in [-0.4, -0.2) is 19.2 Å². The molecule has 5 nitrogen and oxygen atoms in total. The lowest BCUT2D eigenvalue weighted by atomic mass is 10.2. The first-order valence-electron chi connectivity index (χ1n) is 7.09. The average Bonchev–Trinajstić information content (AvgIpc) is 2.91. The third kappa shape index (κ3) is 1.69. The van der Waals surface area contributed by atoms with E-state index in [-0.39, 0.29) is 5.56 Å². The molecule has 0 spiro atoms. The molecule has 0 aliphatic carbocycles. The first kappa shape index (κ1) is 12.8. The fourth-order valence-corrected chi connectivity index (χ4v) is 2.77. The fourth-order valence-electron chi connectivity index (χ4n) is 2.77. The van der Waals surface area contributed by atoms with Gasteiger partial charge < -0.3 is 0 Å². The highest BCUT2D eigenvalue weighted by Gasteiger charge is 2.15. The van der Waals surface area contributed by atoms with E-state index in [1.54, 1.807) is 4.57 Å². The highest BCUT2D eigenvalue weighted by molar-refractivity contribution is 5.81. The van der Waals surface area contributed by atoms with Crippen LogP contribution >= 0.6 is 0 Å². The van der Waals surface area contributed by atoms with Gasteiger partial charge in [0.1, 0.15) is 5.82 Å². The molecule has 0 radical (unpaired) electrons. The van der Waals surface area contributed by atoms with E-state index in [1.165, 1.54) is 0 Å². The number of benzene rings is 2. The van der Waals surface area contributed by atoms with Gasteiger partial charge in [-0.2, -0.15) is 0 Å². The number of hydrogen-bond donors (Lipinski definition) is 0. The van der Waals surface area contributed by atoms with Crippen molar-refractivity contribution in [1.29, 1.82) is 0 Å². The maximum Gasteiger partial charge on any atom is 0.267 e. The van der Waals surface area contributed by atoms with E-state index in [1.807, 2.05) is 66.8 Å². The van der Waals surface area contributed by atoms with Crippen LogP contribution in [0.1, 0.15) is 11.4 Å². The lowest BCUT2D eigenvalue weighted by Crippen LogP contribution is -2.21. The zero-order valence-corrected chi connectivity index (χ0v) is 12.3. The molecule has 108 valence electrons. The monoisotopic (exact) mass is 290 g/mol. The van der Waals surface area contributed by atoms with Crippen molar-refractivity contribution >= 4 is 16.7 Å². The Hall–Kier alpha value is -2.95. The summed E-state index contributed by atoms with van der Waals surface area (Å²) in [4.78, 5) is 12.9. The molecule has 0 fully saturated rings. The SMILES string of the molecule is Cc1ccc(-n2c(=O)c3ccccc3n3c(C)nnc23)cc1. The number of rotatable bonds is 1. The Morgan fingerprint density at radius 1 is 0.909 bits per heavy atom. The largest absolute Gasteiger partial charge is 0.268 e. The van der Waals surface area contributed by atoms with Gasteiger partial charge in [-0.3, -0.25) is 9.20 Å². The number of aryl methyl sites for hydroxylation is 2. The number of para-hydroxylation sites is 1. The van der Waals surface area contributed by atoms with Gasteiger partial charge in [0.15, 0.2) is 0 Å². The highest BCUT2D eigenvalue weighted by Crippen LogP contribution is 2.17. The zero-order valence-electron chi connectivity index (χ0n) is 12.3. The topological polar surface area (TPSA) is 52.2 Å². The molecule has 5 heteroatoms. The number of hydrogen-bond acceptors (Lipinski definition) is 3. The third-order valence-electron chi connectivity index (χ3n) is 3.88. The molecular weight excluding hydrogens is 276 g/mol. The summed E-state index contributed by atoms with van der Waals surface area (Å²) >= 11 is 0. The van der Waals surface area contributed by atoms with Crippen molar-refractivity contribution in [3.8, 4) is 5.69 Å². The quantitative estimate of drug-likeness (QED) is 0.541. The van der Waals surface area contributed by atoms with E-state index in [0.717, 1.165) is 22.6 Å². The van der Waals surface area contributed by atoms with Crippen LogP contribution < -0.4 is 5.56 Å². The van der Waals surface area contributed by atoms with Crippen molar-refractivity contribution < 1.29 is 0 Å². The minimum Gasteiger partial charge on any atom is -0.268 e. The maximum absolute atomic E-state index is 12.9. The van der Waals surface area contributed by atoms with Gasteiger partial charge in [0.2, 0.25) is 5.78 Å². The molecule has 0 unspecified atom stereocenters. The summed E-state index contributed by atoms with van der Waals surface area (Å²) in [5.74, 6) is 1.29. The van der Waals surface area contributed by atoms with Crippen molar-refractivity contribution in [2.75, 3.05) is 0 Å². The Morgan fingerprint density at radius 3 is 2.41 bits per heavy atom. The zero-order chi connectivity index (χ0) is 15.3. The predicted octanol–water partition coefficient (Wildman–Crippen LogP) is 2.65. The van der Waals surface area contributed by atoms with Crippen LogP contribution in [0, 0.1) is 13.8 Å². The van der Waals surface area contributed by atoms with Gasteiger partial charge in [-0.15, -0.1) is 10.2 Å². The second-order valence-corrected chi connectivity index (χ2v) is 5.38. The molecule has 2 aromatic carbocycles. The lowest BCUT2D eigenvalue weighted by Gasteiger charge is -2.11. The first-order valence-corrected chi connectivity index (χ1v) is 7.09. The van der Waals surface area contributed by atoms with Crippen molar-refractivity contribution in [1.82, 2.24) is 19.2 Å². The lowest BCUT2D eigenvalue weighted by molar-refractivity contribution is 0.964. The Balaban J connectivity index is 2.24. The van der Waals surface area contributed by atoms with Crippen LogP contribution in [0.2, 0.25) is 0 Å². The van der Waals surface area contributed by atoms with Gasteiger partial charge in [-0.05, 0) is 38.1 Å². The van der Waals surface area contributed by atoms with E-state index in [9.17, 15) is 4.79 Å². The molecule has 0 N–H and O–H groups in total. The summed E-state index contributed by atoms with van der Waals surface area (Å²) in [6, 6.07) is 15.4. The molecule has 0 saturated carbocycles. The molecule has 0 bridgehead atoms. The molecule has 0 atom stereocenters. The van der Waals surface area contributed by atoms with Gasteiger partial charge in [-0.1, -0.05) is 29.8 Å². The summed E-state index contributed by atoms with van der Waals surface area (Å²) < 4.78 is 3.53. The van der Waals surface area contributed by atoms with Crippen LogP contribution in [0.15, 0.2) is 53.3 Å². The Labute approximate surface area is 126 Å². The third-order valence-corrected chi connectivity index (χ3v) is 3.88. The van der Waals surface area contributed by atoms with Crippen LogP contribution in [0.4, 0.5) is 0 Å². The van der Waals surface area contributed by atoms with E-state index < -0.39 is 0 Å². The second-order valence-electron chi connectivity index (χ2n) is 5.38. The summed E-state index contributed by atoms with van der Waals surface area (Å²) in [7, 11) is 0. The molecule has 0 amide bonds. The Morgan fingerprint density at radius 2 is 1.64 bits per heavy atom. The summed E-state index contributed by atoms with van der Waals surface area (Å²) in [6.45, 7) is 3.90. The standard InChI is InChI=1S/C17H14N4O/c1-11-7-9-13(10-8-11)21-16(22)14-5-3-4-6-15(14)20-12(2)18-19-17(20)21/h3-10H,1-2H3. The minimum atomic E-state index is -0.0839. The van der Waals surface area contributed by atoms with E-state index in [0.29, 0.717) is 11.2 Å². The molecule has 0 saturated heterocycles. The van der Waals surface area contributed by atoms with Crippen LogP contribution in [0.3, 0.4) is 0 Å². The molecule has 0 aliphatic heterocycles. The van der Waals surface area contributed by atoms with Gasteiger partial charge in [0.25, 0.3) is 5.56 Å². The van der Waals surface area contributed by atoms with E-state index >= 15 is 0 Å². The van der Waals surface area contributed by atoms with Crippen LogP contribution in [0.25, 0.3) is 22.4 Å². The summed E-state index contributed by atoms with van der Waals surface area (Å²) in [6.07, 6.45) is 0. The molecule has 0 aliphatic rings. The molecule has 4 rings (SSSR count). The predicted molar refractivity (Wildman–Crippen MR) is 85.6 cm³/mol. The average molecular weight is 290 g/mol. The number of nitrogens with zero attached hydrogens (tertiary/aromatic N) is 4. The fraction of sp³-hybridized carbons (Fsp3) is 0.118. The molecule has 22 heavy (non-hydrogen) atoms. The van der Waals surface area contributed by atoms with Gasteiger partial charge >= 0.3 is 0 Å². The van der Waals surface area contributed by atoms with Gasteiger partial charge in [0, 0.05) is 0 Å². The van der Waals surface area contributed by atoms with Crippen molar-refractivity contribution in [3.05, 3.63) is 70.3 Å². The highest BCUT2D eigenvalue weighted by atomic mass is 16.1. The van der Waals surface area contributed by atoms with Crippen molar-refractivity contribution in [2.24, 2.45) is 0 Å². The number of aromatic nitrogens is 4. The molecule has 2 heterocycles. The van der Waals surface area contributed by atoms with Crippen LogP contribution in [0.5, 0.6) is 0 Å². The van der Waals surface area contributed by atoms with Crippen LogP contribution in [-0.2, 0) is 0 Å². The normalized spacial score (nSPS) is 11.4. The van der Waals surface area contributed by atoms with E-state index in [2.05, 4.69) is 10.2 Å². The van der Waals surface area contributed by atoms with E-state index in [4.69, 9.17) is 0 Å². The molecular formula is C17H14N4O. The van der Waals surface area contributed by atoms with Crippen molar-refractivity contribution in [3.63, 3.8) is 0 Å². The molecule has 2 aromatic heterocycles. The second kappa shape index (κ2) is 4.53. The van der Waals surface area contributed by atoms with Gasteiger partial charge in [0.05, 0.1) is 16.6 Å². The Kier molecular flexibility index (Phi) is 2.63. The summed E-state index contributed by atoms with van der Waals surface area (Å²) in [5, 5.41) is 9.00. The van der Waals surface area contributed by atoms with Gasteiger partial charge in [-0.25, -0.2) is 4.57 Å². The van der Waals surface area contributed by atoms with Crippen molar-refractivity contribution in [2.45, 2.75) is 13.8 Å². The first-order chi connectivity index (χ1) is 10.7. The molecule has 4 aromatic rings. The maximum atomic E-state index is 12.9. The smallest absolute Gasteiger partial charge is 0.267 e. The summed E-state index contributed by atoms with van der Waals surface area (Å²) in [5.41, 5.74) is 2.68. The minimum absolute atomic E-state index is 0.0839. The Bertz CT molecular complexity index is 1060. The number of fused-ring (bicyclic) bond motifs is 3.